The molecular formula is C11H16N2O2S. The largest absolute Gasteiger partial charge is 0.399 e. The lowest BCUT2D eigenvalue weighted by atomic mass is 10.3. The Morgan fingerprint density at radius 3 is 2.44 bits per heavy atom. The number of benzene rings is 1. The quantitative estimate of drug-likeness (QED) is 0.796. The number of hydrogen-bond donors (Lipinski definition) is 1. The molecule has 0 aromatic heterocycles. The Kier molecular flexibility index (Phi) is 2.90. The van der Waals surface area contributed by atoms with Crippen molar-refractivity contribution in [3.8, 4) is 0 Å². The second kappa shape index (κ2) is 4.07. The van der Waals surface area contributed by atoms with Crippen LogP contribution in [0.25, 0.3) is 0 Å². The Morgan fingerprint density at radius 2 is 1.94 bits per heavy atom. The highest BCUT2D eigenvalue weighted by Crippen LogP contribution is 2.25. The van der Waals surface area contributed by atoms with Crippen molar-refractivity contribution >= 4 is 15.7 Å². The van der Waals surface area contributed by atoms with Gasteiger partial charge in [-0.2, -0.15) is 4.31 Å². The molecule has 88 valence electrons. The van der Waals surface area contributed by atoms with Crippen LogP contribution in [0.15, 0.2) is 29.2 Å². The van der Waals surface area contributed by atoms with Gasteiger partial charge in [-0.05, 0) is 44.0 Å². The zero-order valence-electron chi connectivity index (χ0n) is 9.26. The summed E-state index contributed by atoms with van der Waals surface area (Å²) in [4.78, 5) is 0.329. The lowest BCUT2D eigenvalue weighted by molar-refractivity contribution is 0.408. The van der Waals surface area contributed by atoms with E-state index in [9.17, 15) is 8.42 Å². The predicted molar refractivity (Wildman–Crippen MR) is 63.4 cm³/mol. The van der Waals surface area contributed by atoms with Crippen LogP contribution in [-0.2, 0) is 10.0 Å². The van der Waals surface area contributed by atoms with Crippen LogP contribution in [-0.4, -0.2) is 25.3 Å². The van der Waals surface area contributed by atoms with Crippen molar-refractivity contribution in [2.45, 2.75) is 30.7 Å². The summed E-state index contributed by atoms with van der Waals surface area (Å²) in [6.07, 6.45) is 1.88. The maximum atomic E-state index is 12.2. The van der Waals surface area contributed by atoms with Crippen LogP contribution in [0.4, 0.5) is 5.69 Å². The fourth-order valence-electron chi connectivity index (χ4n) is 2.04. The van der Waals surface area contributed by atoms with Gasteiger partial charge in [-0.1, -0.05) is 0 Å². The molecule has 1 aromatic rings. The lowest BCUT2D eigenvalue weighted by Gasteiger charge is -2.20. The third kappa shape index (κ3) is 1.92. The molecule has 0 bridgehead atoms. The van der Waals surface area contributed by atoms with E-state index in [1.165, 1.54) is 0 Å². The molecule has 2 rings (SSSR count). The van der Waals surface area contributed by atoms with Crippen molar-refractivity contribution in [2.24, 2.45) is 0 Å². The van der Waals surface area contributed by atoms with Crippen molar-refractivity contribution in [3.63, 3.8) is 0 Å². The highest BCUT2D eigenvalue weighted by Gasteiger charge is 2.32. The molecule has 0 spiro atoms. The first kappa shape index (κ1) is 11.4. The number of anilines is 1. The van der Waals surface area contributed by atoms with Crippen molar-refractivity contribution in [2.75, 3.05) is 12.3 Å². The van der Waals surface area contributed by atoms with Crippen LogP contribution >= 0.6 is 0 Å². The van der Waals surface area contributed by atoms with Gasteiger partial charge in [-0.25, -0.2) is 8.42 Å². The summed E-state index contributed by atoms with van der Waals surface area (Å²) in [6.45, 7) is 2.57. The highest BCUT2D eigenvalue weighted by atomic mass is 32.2. The zero-order chi connectivity index (χ0) is 11.8. The Labute approximate surface area is 96.1 Å². The summed E-state index contributed by atoms with van der Waals surface area (Å²) < 4.78 is 26.1. The van der Waals surface area contributed by atoms with E-state index < -0.39 is 10.0 Å². The minimum atomic E-state index is -3.33. The summed E-state index contributed by atoms with van der Waals surface area (Å²) in [7, 11) is -3.33. The third-order valence-electron chi connectivity index (χ3n) is 2.98. The average molecular weight is 240 g/mol. The molecule has 1 saturated heterocycles. The van der Waals surface area contributed by atoms with Gasteiger partial charge in [0.1, 0.15) is 0 Å². The molecule has 1 unspecified atom stereocenters. The van der Waals surface area contributed by atoms with E-state index in [2.05, 4.69) is 0 Å². The Morgan fingerprint density at radius 1 is 1.31 bits per heavy atom. The van der Waals surface area contributed by atoms with Crippen LogP contribution in [0.5, 0.6) is 0 Å². The molecule has 4 nitrogen and oxygen atoms in total. The van der Waals surface area contributed by atoms with E-state index in [1.807, 2.05) is 6.92 Å². The molecule has 0 aliphatic carbocycles. The average Bonchev–Trinajstić information content (AvgIpc) is 2.66. The number of hydrogen-bond acceptors (Lipinski definition) is 3. The van der Waals surface area contributed by atoms with Crippen molar-refractivity contribution in [3.05, 3.63) is 24.3 Å². The van der Waals surface area contributed by atoms with Gasteiger partial charge in [0, 0.05) is 18.3 Å². The molecule has 1 aromatic carbocycles. The van der Waals surface area contributed by atoms with E-state index in [-0.39, 0.29) is 6.04 Å². The topological polar surface area (TPSA) is 63.4 Å². The first-order valence-corrected chi connectivity index (χ1v) is 6.83. The third-order valence-corrected chi connectivity index (χ3v) is 5.01. The van der Waals surface area contributed by atoms with Crippen LogP contribution in [0.2, 0.25) is 0 Å². The number of rotatable bonds is 2. The predicted octanol–water partition coefficient (Wildman–Crippen LogP) is 1.44. The normalized spacial score (nSPS) is 22.4. The molecule has 0 radical (unpaired) electrons. The van der Waals surface area contributed by atoms with Gasteiger partial charge in [-0.15, -0.1) is 0 Å². The van der Waals surface area contributed by atoms with Crippen molar-refractivity contribution in [1.82, 2.24) is 4.31 Å². The summed E-state index contributed by atoms with van der Waals surface area (Å²) in [5, 5.41) is 0. The number of nitrogens with zero attached hydrogens (tertiary/aromatic N) is 1. The minimum absolute atomic E-state index is 0.0996. The first-order valence-electron chi connectivity index (χ1n) is 5.39. The molecule has 0 amide bonds. The van der Waals surface area contributed by atoms with Crippen molar-refractivity contribution < 1.29 is 8.42 Å². The fraction of sp³-hybridized carbons (Fsp3) is 0.455. The zero-order valence-corrected chi connectivity index (χ0v) is 10.1. The van der Waals surface area contributed by atoms with Gasteiger partial charge in [0.2, 0.25) is 10.0 Å². The monoisotopic (exact) mass is 240 g/mol. The van der Waals surface area contributed by atoms with Crippen LogP contribution < -0.4 is 5.73 Å². The van der Waals surface area contributed by atoms with Gasteiger partial charge >= 0.3 is 0 Å². The standard InChI is InChI=1S/C11H16N2O2S/c1-9-3-2-8-13(9)16(14,15)11-6-4-10(12)5-7-11/h4-7,9H,2-3,8,12H2,1H3. The molecule has 1 atom stereocenters. The van der Waals surface area contributed by atoms with Gasteiger partial charge < -0.3 is 5.73 Å². The Hall–Kier alpha value is -1.07. The smallest absolute Gasteiger partial charge is 0.243 e. The molecule has 1 heterocycles. The second-order valence-electron chi connectivity index (χ2n) is 4.18. The molecule has 1 aliphatic heterocycles. The molecule has 1 aliphatic rings. The van der Waals surface area contributed by atoms with Gasteiger partial charge in [0.05, 0.1) is 4.90 Å². The molecule has 5 heteroatoms. The molecule has 1 fully saturated rings. The number of nitrogen functional groups attached to an aromatic ring is 1. The SMILES string of the molecule is CC1CCCN1S(=O)(=O)c1ccc(N)cc1. The van der Waals surface area contributed by atoms with Gasteiger partial charge in [-0.3, -0.25) is 0 Å². The minimum Gasteiger partial charge on any atom is -0.399 e. The molecular weight excluding hydrogens is 224 g/mol. The molecule has 0 saturated carbocycles. The summed E-state index contributed by atoms with van der Waals surface area (Å²) in [5.41, 5.74) is 6.12. The highest BCUT2D eigenvalue weighted by molar-refractivity contribution is 7.89. The Balaban J connectivity index is 2.35. The number of nitrogens with two attached hydrogens (primary N) is 1. The van der Waals surface area contributed by atoms with Crippen LogP contribution in [0, 0.1) is 0 Å². The van der Waals surface area contributed by atoms with Gasteiger partial charge in [0.15, 0.2) is 0 Å². The lowest BCUT2D eigenvalue weighted by Crippen LogP contribution is -2.33. The van der Waals surface area contributed by atoms with Crippen molar-refractivity contribution in [1.29, 1.82) is 0 Å². The summed E-state index contributed by atoms with van der Waals surface area (Å²) >= 11 is 0. The first-order chi connectivity index (χ1) is 7.51. The summed E-state index contributed by atoms with van der Waals surface area (Å²) in [5.74, 6) is 0. The van der Waals surface area contributed by atoms with E-state index >= 15 is 0 Å². The second-order valence-corrected chi connectivity index (χ2v) is 6.07. The van der Waals surface area contributed by atoms with Gasteiger partial charge in [0.25, 0.3) is 0 Å². The maximum Gasteiger partial charge on any atom is 0.243 e. The van der Waals surface area contributed by atoms with E-state index in [0.717, 1.165) is 12.8 Å². The molecule has 16 heavy (non-hydrogen) atoms. The van der Waals surface area contributed by atoms with E-state index in [0.29, 0.717) is 17.1 Å². The number of sulfonamides is 1. The van der Waals surface area contributed by atoms with Crippen LogP contribution in [0.3, 0.4) is 0 Å². The maximum absolute atomic E-state index is 12.2. The summed E-state index contributed by atoms with van der Waals surface area (Å²) in [6, 6.07) is 6.47. The Bertz CT molecular complexity index is 467. The fourth-order valence-corrected chi connectivity index (χ4v) is 3.74. The van der Waals surface area contributed by atoms with Crippen LogP contribution in [0.1, 0.15) is 19.8 Å². The molecule has 2 N–H and O–H groups in total. The van der Waals surface area contributed by atoms with E-state index in [1.54, 1.807) is 28.6 Å². The van der Waals surface area contributed by atoms with E-state index in [4.69, 9.17) is 5.73 Å².